The molecule has 0 spiro atoms. The third-order valence-electron chi connectivity index (χ3n) is 2.40. The zero-order chi connectivity index (χ0) is 14.4. The van der Waals surface area contributed by atoms with Crippen LogP contribution in [0.1, 0.15) is 20.3 Å². The van der Waals surface area contributed by atoms with E-state index in [0.717, 1.165) is 4.90 Å². The number of anilines is 2. The number of carbonyl (C=O) groups is 3. The van der Waals surface area contributed by atoms with E-state index in [1.807, 2.05) is 0 Å². The largest absolute Gasteiger partial charge is 0.399 e. The molecule has 3 amide bonds. The third-order valence-corrected chi connectivity index (χ3v) is 2.40. The van der Waals surface area contributed by atoms with E-state index in [-0.39, 0.29) is 18.7 Å². The quantitative estimate of drug-likeness (QED) is 0.801. The van der Waals surface area contributed by atoms with Crippen molar-refractivity contribution in [2.45, 2.75) is 20.3 Å². The molecule has 6 nitrogen and oxygen atoms in total. The standard InChI is InChI=1S/C13H17N3O3/c1-9(17)6-7-15-13(19)16(10(2)18)12-5-3-4-11(14)8-12/h3-5,8H,6-7,14H2,1-2H3,(H,15,19). The predicted octanol–water partition coefficient (Wildman–Crippen LogP) is 1.31. The minimum absolute atomic E-state index is 0.0290. The van der Waals surface area contributed by atoms with Crippen LogP contribution in [-0.2, 0) is 9.59 Å². The topological polar surface area (TPSA) is 92.5 Å². The summed E-state index contributed by atoms with van der Waals surface area (Å²) in [6.45, 7) is 2.92. The van der Waals surface area contributed by atoms with Gasteiger partial charge < -0.3 is 11.1 Å². The molecule has 0 aliphatic heterocycles. The minimum atomic E-state index is -0.570. The monoisotopic (exact) mass is 263 g/mol. The number of ketones is 1. The summed E-state index contributed by atoms with van der Waals surface area (Å²) >= 11 is 0. The number of nitrogens with zero attached hydrogens (tertiary/aromatic N) is 1. The smallest absolute Gasteiger partial charge is 0.328 e. The lowest BCUT2D eigenvalue weighted by atomic mass is 10.2. The number of nitrogens with one attached hydrogen (secondary N) is 1. The summed E-state index contributed by atoms with van der Waals surface area (Å²) in [5, 5.41) is 2.52. The summed E-state index contributed by atoms with van der Waals surface area (Å²) < 4.78 is 0. The lowest BCUT2D eigenvalue weighted by molar-refractivity contribution is -0.117. The molecule has 0 saturated carbocycles. The van der Waals surface area contributed by atoms with E-state index >= 15 is 0 Å². The van der Waals surface area contributed by atoms with Crippen LogP contribution >= 0.6 is 0 Å². The number of nitrogens with two attached hydrogens (primary N) is 1. The Kier molecular flexibility index (Phi) is 5.05. The summed E-state index contributed by atoms with van der Waals surface area (Å²) in [7, 11) is 0. The number of hydrogen-bond donors (Lipinski definition) is 2. The second-order valence-electron chi connectivity index (χ2n) is 4.13. The van der Waals surface area contributed by atoms with Crippen molar-refractivity contribution in [1.82, 2.24) is 5.32 Å². The number of imide groups is 1. The fourth-order valence-electron chi connectivity index (χ4n) is 1.53. The van der Waals surface area contributed by atoms with Gasteiger partial charge in [0.05, 0.1) is 5.69 Å². The molecule has 1 aromatic rings. The summed E-state index contributed by atoms with van der Waals surface area (Å²) in [5.41, 5.74) is 6.48. The highest BCUT2D eigenvalue weighted by Crippen LogP contribution is 2.17. The Morgan fingerprint density at radius 3 is 2.47 bits per heavy atom. The Hall–Kier alpha value is -2.37. The zero-order valence-corrected chi connectivity index (χ0v) is 11.0. The molecule has 0 bridgehead atoms. The lowest BCUT2D eigenvalue weighted by Gasteiger charge is -2.20. The predicted molar refractivity (Wildman–Crippen MR) is 72.7 cm³/mol. The highest BCUT2D eigenvalue weighted by Gasteiger charge is 2.19. The van der Waals surface area contributed by atoms with Gasteiger partial charge in [0.15, 0.2) is 0 Å². The van der Waals surface area contributed by atoms with Crippen molar-refractivity contribution in [2.75, 3.05) is 17.2 Å². The number of urea groups is 1. The van der Waals surface area contributed by atoms with E-state index in [2.05, 4.69) is 5.32 Å². The van der Waals surface area contributed by atoms with Gasteiger partial charge in [-0.1, -0.05) is 6.07 Å². The summed E-state index contributed by atoms with van der Waals surface area (Å²) in [5.74, 6) is -0.454. The molecule has 0 saturated heterocycles. The van der Waals surface area contributed by atoms with E-state index in [4.69, 9.17) is 5.73 Å². The molecule has 0 aliphatic rings. The molecule has 0 unspecified atom stereocenters. The second kappa shape index (κ2) is 6.53. The number of nitrogen functional groups attached to an aromatic ring is 1. The van der Waals surface area contributed by atoms with Crippen LogP contribution in [0.15, 0.2) is 24.3 Å². The first kappa shape index (κ1) is 14.7. The SMILES string of the molecule is CC(=O)CCNC(=O)N(C(C)=O)c1cccc(N)c1. The van der Waals surface area contributed by atoms with Crippen molar-refractivity contribution in [1.29, 1.82) is 0 Å². The zero-order valence-electron chi connectivity index (χ0n) is 11.0. The maximum Gasteiger partial charge on any atom is 0.328 e. The van der Waals surface area contributed by atoms with Gasteiger partial charge in [0.25, 0.3) is 0 Å². The van der Waals surface area contributed by atoms with E-state index in [9.17, 15) is 14.4 Å². The van der Waals surface area contributed by atoms with Crippen molar-refractivity contribution in [3.8, 4) is 0 Å². The molecular formula is C13H17N3O3. The molecule has 1 rings (SSSR count). The average molecular weight is 263 g/mol. The Bertz CT molecular complexity index is 500. The van der Waals surface area contributed by atoms with Gasteiger partial charge in [-0.2, -0.15) is 0 Å². The molecule has 0 atom stereocenters. The van der Waals surface area contributed by atoms with Gasteiger partial charge in [0.1, 0.15) is 5.78 Å². The van der Waals surface area contributed by atoms with Gasteiger partial charge in [-0.05, 0) is 25.1 Å². The van der Waals surface area contributed by atoms with Crippen molar-refractivity contribution in [3.63, 3.8) is 0 Å². The highest BCUT2D eigenvalue weighted by atomic mass is 16.2. The molecule has 19 heavy (non-hydrogen) atoms. The number of benzene rings is 1. The number of amides is 3. The van der Waals surface area contributed by atoms with Crippen LogP contribution in [0, 0.1) is 0 Å². The van der Waals surface area contributed by atoms with E-state index in [1.165, 1.54) is 19.9 Å². The van der Waals surface area contributed by atoms with Crippen molar-refractivity contribution >= 4 is 29.1 Å². The van der Waals surface area contributed by atoms with Gasteiger partial charge in [0.2, 0.25) is 5.91 Å². The fraction of sp³-hybridized carbons (Fsp3) is 0.308. The maximum absolute atomic E-state index is 11.9. The Balaban J connectivity index is 2.80. The fourth-order valence-corrected chi connectivity index (χ4v) is 1.53. The van der Waals surface area contributed by atoms with E-state index in [1.54, 1.807) is 18.2 Å². The molecular weight excluding hydrogens is 246 g/mol. The molecule has 102 valence electrons. The number of Topliss-reactive ketones (excluding diaryl/α,β-unsaturated/α-hetero) is 1. The normalized spacial score (nSPS) is 9.79. The number of hydrogen-bond acceptors (Lipinski definition) is 4. The van der Waals surface area contributed by atoms with Crippen LogP contribution in [-0.4, -0.2) is 24.3 Å². The van der Waals surface area contributed by atoms with Crippen LogP contribution in [0.3, 0.4) is 0 Å². The molecule has 3 N–H and O–H groups in total. The molecule has 0 aromatic heterocycles. The molecule has 6 heteroatoms. The van der Waals surface area contributed by atoms with E-state index in [0.29, 0.717) is 11.4 Å². The van der Waals surface area contributed by atoms with Crippen molar-refractivity contribution in [2.24, 2.45) is 0 Å². The average Bonchev–Trinajstić information content (AvgIpc) is 2.28. The second-order valence-corrected chi connectivity index (χ2v) is 4.13. The Morgan fingerprint density at radius 1 is 1.26 bits per heavy atom. The van der Waals surface area contributed by atoms with Gasteiger partial charge >= 0.3 is 6.03 Å². The lowest BCUT2D eigenvalue weighted by Crippen LogP contribution is -2.43. The van der Waals surface area contributed by atoms with Gasteiger partial charge in [-0.3, -0.25) is 9.59 Å². The molecule has 0 heterocycles. The van der Waals surface area contributed by atoms with Crippen LogP contribution < -0.4 is 16.0 Å². The first-order valence-corrected chi connectivity index (χ1v) is 5.85. The first-order valence-electron chi connectivity index (χ1n) is 5.85. The van der Waals surface area contributed by atoms with Crippen LogP contribution in [0.2, 0.25) is 0 Å². The van der Waals surface area contributed by atoms with Crippen molar-refractivity contribution in [3.05, 3.63) is 24.3 Å². The third kappa shape index (κ3) is 4.42. The summed E-state index contributed by atoms with van der Waals surface area (Å²) in [6.07, 6.45) is 0.231. The molecule has 0 radical (unpaired) electrons. The van der Waals surface area contributed by atoms with Gasteiger partial charge in [0, 0.05) is 25.6 Å². The first-order chi connectivity index (χ1) is 8.91. The molecule has 0 aliphatic carbocycles. The van der Waals surface area contributed by atoms with Crippen LogP contribution in [0.4, 0.5) is 16.2 Å². The summed E-state index contributed by atoms with van der Waals surface area (Å²) in [6, 6.07) is 5.90. The molecule has 0 fully saturated rings. The van der Waals surface area contributed by atoms with Crippen molar-refractivity contribution < 1.29 is 14.4 Å². The minimum Gasteiger partial charge on any atom is -0.399 e. The number of carbonyl (C=O) groups excluding carboxylic acids is 3. The van der Waals surface area contributed by atoms with Crippen LogP contribution in [0.5, 0.6) is 0 Å². The summed E-state index contributed by atoms with van der Waals surface area (Å²) in [4.78, 5) is 35.2. The highest BCUT2D eigenvalue weighted by molar-refractivity contribution is 6.13. The van der Waals surface area contributed by atoms with Gasteiger partial charge in [-0.25, -0.2) is 9.69 Å². The van der Waals surface area contributed by atoms with Gasteiger partial charge in [-0.15, -0.1) is 0 Å². The Labute approximate surface area is 111 Å². The maximum atomic E-state index is 11.9. The molecule has 1 aromatic carbocycles. The Morgan fingerprint density at radius 2 is 1.95 bits per heavy atom. The van der Waals surface area contributed by atoms with E-state index < -0.39 is 11.9 Å². The number of rotatable bonds is 4. The van der Waals surface area contributed by atoms with Crippen LogP contribution in [0.25, 0.3) is 0 Å².